The van der Waals surface area contributed by atoms with Crippen molar-refractivity contribution in [3.63, 3.8) is 0 Å². The molecule has 3 nitrogen and oxygen atoms in total. The van der Waals surface area contributed by atoms with Gasteiger partial charge in [0.15, 0.2) is 0 Å². The molecule has 0 bridgehead atoms. The summed E-state index contributed by atoms with van der Waals surface area (Å²) in [5, 5.41) is 0. The van der Waals surface area contributed by atoms with Gasteiger partial charge in [0.25, 0.3) is 0 Å². The Hall–Kier alpha value is -2.29. The highest BCUT2D eigenvalue weighted by atomic mass is 16.5. The molecular weight excluding hydrogens is 228 g/mol. The van der Waals surface area contributed by atoms with Crippen molar-refractivity contribution in [1.29, 1.82) is 0 Å². The Labute approximate surface area is 106 Å². The van der Waals surface area contributed by atoms with Crippen LogP contribution >= 0.6 is 0 Å². The smallest absolute Gasteiger partial charge is 0.338 e. The van der Waals surface area contributed by atoms with Gasteiger partial charge in [-0.2, -0.15) is 0 Å². The van der Waals surface area contributed by atoms with Gasteiger partial charge in [0.05, 0.1) is 12.7 Å². The maximum atomic E-state index is 11.7. The van der Waals surface area contributed by atoms with E-state index in [1.807, 2.05) is 42.5 Å². The number of carbonyl (C=O) groups excluding carboxylic acids is 1. The molecule has 2 aromatic rings. The lowest BCUT2D eigenvalue weighted by atomic mass is 10.2. The summed E-state index contributed by atoms with van der Waals surface area (Å²) in [7, 11) is 1.62. The number of rotatable bonds is 4. The summed E-state index contributed by atoms with van der Waals surface area (Å²) >= 11 is 0. The largest absolute Gasteiger partial charge is 0.497 e. The maximum Gasteiger partial charge on any atom is 0.338 e. The molecule has 0 saturated heterocycles. The molecule has 0 aromatic heterocycles. The number of hydrogen-bond acceptors (Lipinski definition) is 3. The van der Waals surface area contributed by atoms with Crippen LogP contribution in [0.2, 0.25) is 0 Å². The van der Waals surface area contributed by atoms with Crippen LogP contribution in [0.5, 0.6) is 5.75 Å². The van der Waals surface area contributed by atoms with E-state index in [0.29, 0.717) is 5.56 Å². The topological polar surface area (TPSA) is 35.5 Å². The quantitative estimate of drug-likeness (QED) is 0.773. The molecule has 0 unspecified atom stereocenters. The first-order chi connectivity index (χ1) is 8.79. The van der Waals surface area contributed by atoms with E-state index in [-0.39, 0.29) is 12.6 Å². The third kappa shape index (κ3) is 3.10. The van der Waals surface area contributed by atoms with E-state index < -0.39 is 0 Å². The highest BCUT2D eigenvalue weighted by molar-refractivity contribution is 5.89. The number of hydrogen-bond donors (Lipinski definition) is 0. The molecule has 2 aromatic carbocycles. The summed E-state index contributed by atoms with van der Waals surface area (Å²) in [4.78, 5) is 11.7. The van der Waals surface area contributed by atoms with Crippen molar-refractivity contribution in [2.45, 2.75) is 6.61 Å². The second-order valence-electron chi connectivity index (χ2n) is 3.79. The van der Waals surface area contributed by atoms with Crippen molar-refractivity contribution in [2.24, 2.45) is 0 Å². The lowest BCUT2D eigenvalue weighted by Gasteiger charge is -2.05. The third-order valence-electron chi connectivity index (χ3n) is 2.54. The van der Waals surface area contributed by atoms with E-state index in [4.69, 9.17) is 9.47 Å². The van der Waals surface area contributed by atoms with Gasteiger partial charge in [-0.25, -0.2) is 4.79 Å². The highest BCUT2D eigenvalue weighted by Crippen LogP contribution is 2.12. The first kappa shape index (κ1) is 12.2. The standard InChI is InChI=1S/C15H14O3/c1-17-14-9-7-12(8-10-14)11-18-15(16)13-5-3-2-4-6-13/h2-10H,11H2,1H3. The summed E-state index contributed by atoms with van der Waals surface area (Å²) in [5.74, 6) is 0.472. The number of methoxy groups -OCH3 is 1. The molecule has 92 valence electrons. The highest BCUT2D eigenvalue weighted by Gasteiger charge is 2.05. The number of esters is 1. The Morgan fingerprint density at radius 2 is 1.67 bits per heavy atom. The summed E-state index contributed by atoms with van der Waals surface area (Å²) < 4.78 is 10.3. The summed E-state index contributed by atoms with van der Waals surface area (Å²) in [6.45, 7) is 0.262. The average Bonchev–Trinajstić information content (AvgIpc) is 2.46. The molecule has 0 aliphatic carbocycles. The van der Waals surface area contributed by atoms with Crippen LogP contribution in [0.4, 0.5) is 0 Å². The minimum atomic E-state index is -0.314. The first-order valence-electron chi connectivity index (χ1n) is 5.64. The number of benzene rings is 2. The molecule has 0 spiro atoms. The van der Waals surface area contributed by atoms with Crippen LogP contribution in [0, 0.1) is 0 Å². The number of ether oxygens (including phenoxy) is 2. The van der Waals surface area contributed by atoms with Crippen LogP contribution in [-0.4, -0.2) is 13.1 Å². The Bertz CT molecular complexity index is 503. The van der Waals surface area contributed by atoms with E-state index in [1.165, 1.54) is 0 Å². The fraction of sp³-hybridized carbons (Fsp3) is 0.133. The van der Waals surface area contributed by atoms with Gasteiger partial charge in [0, 0.05) is 0 Å². The van der Waals surface area contributed by atoms with Crippen LogP contribution < -0.4 is 4.74 Å². The van der Waals surface area contributed by atoms with Gasteiger partial charge in [-0.1, -0.05) is 30.3 Å². The zero-order chi connectivity index (χ0) is 12.8. The Morgan fingerprint density at radius 1 is 1.00 bits per heavy atom. The predicted octanol–water partition coefficient (Wildman–Crippen LogP) is 3.05. The van der Waals surface area contributed by atoms with E-state index in [9.17, 15) is 4.79 Å². The maximum absolute atomic E-state index is 11.7. The fourth-order valence-electron chi connectivity index (χ4n) is 1.53. The summed E-state index contributed by atoms with van der Waals surface area (Å²) in [5.41, 5.74) is 1.49. The van der Waals surface area contributed by atoms with E-state index in [0.717, 1.165) is 11.3 Å². The normalized spacial score (nSPS) is 9.83. The molecule has 3 heteroatoms. The van der Waals surface area contributed by atoms with Gasteiger partial charge in [0.1, 0.15) is 12.4 Å². The van der Waals surface area contributed by atoms with Gasteiger partial charge < -0.3 is 9.47 Å². The minimum Gasteiger partial charge on any atom is -0.497 e. The van der Waals surface area contributed by atoms with Crippen LogP contribution in [-0.2, 0) is 11.3 Å². The van der Waals surface area contributed by atoms with Crippen LogP contribution in [0.25, 0.3) is 0 Å². The minimum absolute atomic E-state index is 0.262. The molecule has 0 radical (unpaired) electrons. The second kappa shape index (κ2) is 5.87. The van der Waals surface area contributed by atoms with Crippen molar-refractivity contribution < 1.29 is 14.3 Å². The average molecular weight is 242 g/mol. The van der Waals surface area contributed by atoms with Crippen LogP contribution in [0.15, 0.2) is 54.6 Å². The lowest BCUT2D eigenvalue weighted by molar-refractivity contribution is 0.0472. The fourth-order valence-corrected chi connectivity index (χ4v) is 1.53. The van der Waals surface area contributed by atoms with Crippen molar-refractivity contribution in [1.82, 2.24) is 0 Å². The second-order valence-corrected chi connectivity index (χ2v) is 3.79. The van der Waals surface area contributed by atoms with Crippen LogP contribution in [0.1, 0.15) is 15.9 Å². The zero-order valence-electron chi connectivity index (χ0n) is 10.1. The zero-order valence-corrected chi connectivity index (χ0v) is 10.1. The van der Waals surface area contributed by atoms with E-state index in [1.54, 1.807) is 19.2 Å². The number of carbonyl (C=O) groups is 1. The van der Waals surface area contributed by atoms with E-state index >= 15 is 0 Å². The lowest BCUT2D eigenvalue weighted by Crippen LogP contribution is -2.04. The molecule has 0 aliphatic rings. The van der Waals surface area contributed by atoms with E-state index in [2.05, 4.69) is 0 Å². The first-order valence-corrected chi connectivity index (χ1v) is 5.64. The summed E-state index contributed by atoms with van der Waals surface area (Å²) in [6, 6.07) is 16.4. The monoisotopic (exact) mass is 242 g/mol. The molecule has 0 fully saturated rings. The SMILES string of the molecule is COc1ccc(COC(=O)c2ccccc2)cc1. The molecule has 0 N–H and O–H groups in total. The molecule has 0 aliphatic heterocycles. The summed E-state index contributed by atoms with van der Waals surface area (Å²) in [6.07, 6.45) is 0. The molecule has 0 atom stereocenters. The van der Waals surface area contributed by atoms with Crippen molar-refractivity contribution in [2.75, 3.05) is 7.11 Å². The molecule has 2 rings (SSSR count). The molecule has 18 heavy (non-hydrogen) atoms. The predicted molar refractivity (Wildman–Crippen MR) is 68.6 cm³/mol. The van der Waals surface area contributed by atoms with Gasteiger partial charge in [-0.15, -0.1) is 0 Å². The third-order valence-corrected chi connectivity index (χ3v) is 2.54. The Morgan fingerprint density at radius 3 is 2.28 bits per heavy atom. The molecule has 0 heterocycles. The van der Waals surface area contributed by atoms with Crippen molar-refractivity contribution in [3.05, 3.63) is 65.7 Å². The Kier molecular flexibility index (Phi) is 3.97. The van der Waals surface area contributed by atoms with Crippen LogP contribution in [0.3, 0.4) is 0 Å². The van der Waals surface area contributed by atoms with Gasteiger partial charge in [-0.3, -0.25) is 0 Å². The van der Waals surface area contributed by atoms with Gasteiger partial charge in [-0.05, 0) is 29.8 Å². The molecule has 0 saturated carbocycles. The van der Waals surface area contributed by atoms with Crippen molar-refractivity contribution in [3.8, 4) is 5.75 Å². The van der Waals surface area contributed by atoms with Gasteiger partial charge >= 0.3 is 5.97 Å². The molecular formula is C15H14O3. The van der Waals surface area contributed by atoms with Crippen molar-refractivity contribution >= 4 is 5.97 Å². The Balaban J connectivity index is 1.93. The van der Waals surface area contributed by atoms with Gasteiger partial charge in [0.2, 0.25) is 0 Å². The molecule has 0 amide bonds.